The molecule has 1 unspecified atom stereocenters. The number of piperidine rings is 1. The molecular weight excluding hydrogens is 244 g/mol. The number of nitrogens with two attached hydrogens (primary N) is 1. The average molecular weight is 270 g/mol. The van der Waals surface area contributed by atoms with Gasteiger partial charge in [0.05, 0.1) is 0 Å². The van der Waals surface area contributed by atoms with Gasteiger partial charge < -0.3 is 16.3 Å². The third kappa shape index (κ3) is 4.09. The van der Waals surface area contributed by atoms with Crippen LogP contribution in [-0.4, -0.2) is 47.5 Å². The molecule has 1 aliphatic heterocycles. The van der Waals surface area contributed by atoms with Crippen molar-refractivity contribution in [2.24, 2.45) is 16.3 Å². The minimum Gasteiger partial charge on any atom is -0.409 e. The summed E-state index contributed by atoms with van der Waals surface area (Å²) >= 11 is 0. The van der Waals surface area contributed by atoms with Crippen molar-refractivity contribution < 1.29 is 10.0 Å². The third-order valence-corrected chi connectivity index (χ3v) is 3.89. The molecule has 0 aromatic carbocycles. The van der Waals surface area contributed by atoms with E-state index in [1.807, 2.05) is 0 Å². The molecule has 6 nitrogen and oxygen atoms in total. The molecule has 1 atom stereocenters. The van der Waals surface area contributed by atoms with Gasteiger partial charge in [0.2, 0.25) is 5.91 Å². The minimum absolute atomic E-state index is 0.0735. The van der Waals surface area contributed by atoms with Crippen molar-refractivity contribution in [1.29, 1.82) is 0 Å². The van der Waals surface area contributed by atoms with Crippen LogP contribution in [0, 0.1) is 5.41 Å². The lowest BCUT2D eigenvalue weighted by Gasteiger charge is -2.33. The van der Waals surface area contributed by atoms with Crippen molar-refractivity contribution in [2.45, 2.75) is 46.1 Å². The largest absolute Gasteiger partial charge is 0.409 e. The van der Waals surface area contributed by atoms with E-state index in [0.29, 0.717) is 12.6 Å². The second-order valence-corrected chi connectivity index (χ2v) is 5.77. The van der Waals surface area contributed by atoms with E-state index < -0.39 is 5.41 Å². The predicted molar refractivity (Wildman–Crippen MR) is 75.1 cm³/mol. The van der Waals surface area contributed by atoms with Crippen molar-refractivity contribution in [3.8, 4) is 0 Å². The number of oxime groups is 1. The van der Waals surface area contributed by atoms with E-state index in [2.05, 4.69) is 22.3 Å². The monoisotopic (exact) mass is 270 g/mol. The number of likely N-dealkylation sites (tertiary alicyclic amines) is 1. The highest BCUT2D eigenvalue weighted by atomic mass is 16.4. The third-order valence-electron chi connectivity index (χ3n) is 3.89. The van der Waals surface area contributed by atoms with Gasteiger partial charge >= 0.3 is 0 Å². The molecule has 0 radical (unpaired) electrons. The van der Waals surface area contributed by atoms with Crippen LogP contribution in [0.3, 0.4) is 0 Å². The molecule has 0 aromatic rings. The topological polar surface area (TPSA) is 91.0 Å². The van der Waals surface area contributed by atoms with Gasteiger partial charge in [-0.15, -0.1) is 0 Å². The molecule has 4 N–H and O–H groups in total. The van der Waals surface area contributed by atoms with Crippen molar-refractivity contribution in [1.82, 2.24) is 10.2 Å². The number of nitrogens with one attached hydrogen (secondary N) is 1. The molecule has 1 aliphatic rings. The highest BCUT2D eigenvalue weighted by molar-refractivity contribution is 6.05. The zero-order chi connectivity index (χ0) is 14.5. The van der Waals surface area contributed by atoms with Gasteiger partial charge in [0.25, 0.3) is 0 Å². The Morgan fingerprint density at radius 3 is 2.53 bits per heavy atom. The summed E-state index contributed by atoms with van der Waals surface area (Å²) in [5, 5.41) is 14.5. The van der Waals surface area contributed by atoms with E-state index in [0.717, 1.165) is 13.1 Å². The number of carbonyl (C=O) groups is 1. The Hall–Kier alpha value is -1.30. The summed E-state index contributed by atoms with van der Waals surface area (Å²) in [6, 6.07) is 0.312. The van der Waals surface area contributed by atoms with Crippen LogP contribution in [0.15, 0.2) is 5.16 Å². The summed E-state index contributed by atoms with van der Waals surface area (Å²) in [4.78, 5) is 14.4. The van der Waals surface area contributed by atoms with Gasteiger partial charge in [-0.25, -0.2) is 0 Å². The van der Waals surface area contributed by atoms with Crippen LogP contribution >= 0.6 is 0 Å². The predicted octanol–water partition coefficient (Wildman–Crippen LogP) is 0.750. The van der Waals surface area contributed by atoms with Crippen LogP contribution in [-0.2, 0) is 4.79 Å². The van der Waals surface area contributed by atoms with Crippen molar-refractivity contribution >= 4 is 11.7 Å². The van der Waals surface area contributed by atoms with Gasteiger partial charge in [0, 0.05) is 12.6 Å². The molecule has 1 fully saturated rings. The molecule has 1 amide bonds. The Balaban J connectivity index is 2.45. The first kappa shape index (κ1) is 15.8. The lowest BCUT2D eigenvalue weighted by molar-refractivity contribution is -0.126. The summed E-state index contributed by atoms with van der Waals surface area (Å²) in [5.74, 6) is -0.290. The van der Waals surface area contributed by atoms with Gasteiger partial charge in [-0.1, -0.05) is 11.6 Å². The minimum atomic E-state index is -0.990. The summed E-state index contributed by atoms with van der Waals surface area (Å²) in [5.41, 5.74) is 4.54. The van der Waals surface area contributed by atoms with Gasteiger partial charge in [-0.05, 0) is 46.7 Å². The number of hydrogen-bond acceptors (Lipinski definition) is 4. The maximum atomic E-state index is 12.1. The number of nitrogens with zero attached hydrogens (tertiary/aromatic N) is 2. The first-order valence-electron chi connectivity index (χ1n) is 6.90. The van der Waals surface area contributed by atoms with E-state index in [1.165, 1.54) is 19.3 Å². The van der Waals surface area contributed by atoms with Crippen LogP contribution in [0.25, 0.3) is 0 Å². The normalized spacial score (nSPS) is 20.1. The van der Waals surface area contributed by atoms with Crippen molar-refractivity contribution in [3.63, 3.8) is 0 Å². The van der Waals surface area contributed by atoms with Crippen LogP contribution in [0.4, 0.5) is 0 Å². The van der Waals surface area contributed by atoms with E-state index in [4.69, 9.17) is 10.9 Å². The zero-order valence-corrected chi connectivity index (χ0v) is 12.1. The Morgan fingerprint density at radius 1 is 1.42 bits per heavy atom. The summed E-state index contributed by atoms with van der Waals surface area (Å²) in [6.45, 7) is 8.18. The van der Waals surface area contributed by atoms with E-state index in [-0.39, 0.29) is 11.7 Å². The summed E-state index contributed by atoms with van der Waals surface area (Å²) in [7, 11) is 0. The summed E-state index contributed by atoms with van der Waals surface area (Å²) in [6.07, 6.45) is 3.76. The van der Waals surface area contributed by atoms with Crippen LogP contribution < -0.4 is 11.1 Å². The highest BCUT2D eigenvalue weighted by Gasteiger charge is 2.33. The fraction of sp³-hybridized carbons (Fsp3) is 0.846. The maximum Gasteiger partial charge on any atom is 0.233 e. The smallest absolute Gasteiger partial charge is 0.233 e. The number of hydrogen-bond donors (Lipinski definition) is 3. The molecule has 1 heterocycles. The number of rotatable bonds is 5. The second-order valence-electron chi connectivity index (χ2n) is 5.77. The van der Waals surface area contributed by atoms with Crippen LogP contribution in [0.2, 0.25) is 0 Å². The maximum absolute atomic E-state index is 12.1. The van der Waals surface area contributed by atoms with Crippen LogP contribution in [0.5, 0.6) is 0 Å². The first-order valence-corrected chi connectivity index (χ1v) is 6.90. The molecule has 0 saturated carbocycles. The molecule has 1 rings (SSSR count). The standard InChI is InChI=1S/C13H26N4O2/c1-10(17-7-5-4-6-8-17)9-15-12(18)13(2,3)11(14)16-19/h10,19H,4-9H2,1-3H3,(H2,14,16)(H,15,18). The Morgan fingerprint density at radius 2 is 2.00 bits per heavy atom. The fourth-order valence-electron chi connectivity index (χ4n) is 2.19. The molecule has 0 bridgehead atoms. The summed E-state index contributed by atoms with van der Waals surface area (Å²) < 4.78 is 0. The zero-order valence-electron chi connectivity index (χ0n) is 12.1. The van der Waals surface area contributed by atoms with Gasteiger partial charge in [0.1, 0.15) is 5.41 Å². The Kier molecular flexibility index (Phi) is 5.60. The number of amidine groups is 1. The molecule has 0 spiro atoms. The molecule has 110 valence electrons. The molecule has 0 aliphatic carbocycles. The Bertz CT molecular complexity index is 336. The lowest BCUT2D eigenvalue weighted by atomic mass is 9.91. The average Bonchev–Trinajstić information content (AvgIpc) is 2.44. The second kappa shape index (κ2) is 6.75. The van der Waals surface area contributed by atoms with Gasteiger partial charge in [-0.2, -0.15) is 0 Å². The van der Waals surface area contributed by atoms with Gasteiger partial charge in [0.15, 0.2) is 5.84 Å². The molecule has 0 aromatic heterocycles. The number of carbonyl (C=O) groups excluding carboxylic acids is 1. The van der Waals surface area contributed by atoms with Crippen molar-refractivity contribution in [3.05, 3.63) is 0 Å². The molecule has 19 heavy (non-hydrogen) atoms. The molecule has 1 saturated heterocycles. The van der Waals surface area contributed by atoms with Gasteiger partial charge in [-0.3, -0.25) is 9.69 Å². The van der Waals surface area contributed by atoms with Crippen molar-refractivity contribution in [2.75, 3.05) is 19.6 Å². The van der Waals surface area contributed by atoms with E-state index in [9.17, 15) is 4.79 Å². The van der Waals surface area contributed by atoms with Crippen LogP contribution in [0.1, 0.15) is 40.0 Å². The first-order chi connectivity index (χ1) is 8.89. The molecule has 6 heteroatoms. The SMILES string of the molecule is CC(CNC(=O)C(C)(C)C(N)=NO)N1CCCCC1. The Labute approximate surface area is 115 Å². The quantitative estimate of drug-likeness (QED) is 0.297. The molecular formula is C13H26N4O2. The highest BCUT2D eigenvalue weighted by Crippen LogP contribution is 2.16. The lowest BCUT2D eigenvalue weighted by Crippen LogP contribution is -2.50. The van der Waals surface area contributed by atoms with E-state index >= 15 is 0 Å². The van der Waals surface area contributed by atoms with E-state index in [1.54, 1.807) is 13.8 Å². The fourth-order valence-corrected chi connectivity index (χ4v) is 2.19. The number of amides is 1.